The van der Waals surface area contributed by atoms with E-state index in [1.54, 1.807) is 22.5 Å². The predicted octanol–water partition coefficient (Wildman–Crippen LogP) is 2.39. The van der Waals surface area contributed by atoms with E-state index in [1.807, 2.05) is 0 Å². The van der Waals surface area contributed by atoms with Gasteiger partial charge in [0.15, 0.2) is 0 Å². The van der Waals surface area contributed by atoms with Crippen molar-refractivity contribution >= 4 is 34.3 Å². The first kappa shape index (κ1) is 13.2. The van der Waals surface area contributed by atoms with Gasteiger partial charge in [0.1, 0.15) is 0 Å². The summed E-state index contributed by atoms with van der Waals surface area (Å²) in [6, 6.07) is 0.396. The average Bonchev–Trinajstić information content (AvgIpc) is 2.18. The Morgan fingerprint density at radius 2 is 1.86 bits per heavy atom. The van der Waals surface area contributed by atoms with Gasteiger partial charge in [0.25, 0.3) is 0 Å². The molecule has 0 bridgehead atoms. The zero-order valence-electron chi connectivity index (χ0n) is 9.33. The molecule has 1 nitrogen and oxygen atoms in total. The van der Waals surface area contributed by atoms with Crippen LogP contribution in [0.2, 0.25) is 0 Å². The zero-order valence-corrected chi connectivity index (χ0v) is 13.0. The molecule has 2 N–H and O–H groups in total. The van der Waals surface area contributed by atoms with E-state index in [9.17, 15) is 0 Å². The second kappa shape index (κ2) is 6.64. The van der Waals surface area contributed by atoms with Crippen LogP contribution in [0.5, 0.6) is 0 Å². The summed E-state index contributed by atoms with van der Waals surface area (Å²) in [5.74, 6) is 1.67. The third kappa shape index (κ3) is 3.60. The second-order valence-electron chi connectivity index (χ2n) is 4.49. The fourth-order valence-corrected chi connectivity index (χ4v) is 5.78. The van der Waals surface area contributed by atoms with Gasteiger partial charge >= 0.3 is 106 Å². The van der Waals surface area contributed by atoms with Gasteiger partial charge < -0.3 is 0 Å². The maximum absolute atomic E-state index is 6.09. The van der Waals surface area contributed by atoms with E-state index >= 15 is 0 Å². The first-order valence-electron chi connectivity index (χ1n) is 5.68. The number of nitrogens with two attached hydrogens (primary N) is 1. The van der Waals surface area contributed by atoms with Crippen LogP contribution in [0, 0.1) is 11.8 Å². The fourth-order valence-electron chi connectivity index (χ4n) is 2.68. The Morgan fingerprint density at radius 1 is 1.29 bits per heavy atom. The summed E-state index contributed by atoms with van der Waals surface area (Å²) in [5.41, 5.74) is 6.09. The molecule has 0 amide bonds. The van der Waals surface area contributed by atoms with E-state index in [4.69, 9.17) is 5.73 Å². The van der Waals surface area contributed by atoms with Gasteiger partial charge in [-0.3, -0.25) is 0 Å². The molecule has 0 aromatic rings. The molecule has 14 heavy (non-hydrogen) atoms. The van der Waals surface area contributed by atoms with Crippen LogP contribution in [0.1, 0.15) is 39.5 Å². The molecule has 3 heteroatoms. The monoisotopic (exact) mass is 320 g/mol. The van der Waals surface area contributed by atoms with Gasteiger partial charge in [-0.25, -0.2) is 0 Å². The molecule has 1 aliphatic carbocycles. The Labute approximate surface area is 106 Å². The van der Waals surface area contributed by atoms with Crippen molar-refractivity contribution in [1.82, 2.24) is 0 Å². The molecule has 3 radical (unpaired) electrons. The Balaban J connectivity index is 2.53. The van der Waals surface area contributed by atoms with Gasteiger partial charge in [0, 0.05) is 0 Å². The zero-order chi connectivity index (χ0) is 10.6. The molecule has 1 fully saturated rings. The Hall–Kier alpha value is 1.11. The standard InChI is InChI=1S/C11H22NS.Sn/c1-8(12)10-6-4-5-7-11(10)9(2)13-3;/h8-11H,3-7,12H2,1-2H3;. The van der Waals surface area contributed by atoms with Crippen molar-refractivity contribution < 1.29 is 0 Å². The van der Waals surface area contributed by atoms with Crippen LogP contribution < -0.4 is 5.73 Å². The second-order valence-corrected chi connectivity index (χ2v) is 8.32. The summed E-state index contributed by atoms with van der Waals surface area (Å²) >= 11 is 3.80. The SMILES string of the molecule is CC(N)C1CCCCC1C(C)S[CH2][Sn]. The van der Waals surface area contributed by atoms with Crippen LogP contribution in [0.25, 0.3) is 0 Å². The topological polar surface area (TPSA) is 26.0 Å². The minimum absolute atomic E-state index is 0.396. The summed E-state index contributed by atoms with van der Waals surface area (Å²) in [6.07, 6.45) is 5.61. The van der Waals surface area contributed by atoms with Gasteiger partial charge in [-0.2, -0.15) is 0 Å². The van der Waals surface area contributed by atoms with Crippen LogP contribution >= 0.6 is 11.8 Å². The first-order valence-corrected chi connectivity index (χ1v) is 8.75. The maximum atomic E-state index is 6.09. The molecule has 4 unspecified atom stereocenters. The average molecular weight is 319 g/mol. The fraction of sp³-hybridized carbons (Fsp3) is 1.00. The van der Waals surface area contributed by atoms with Crippen molar-refractivity contribution in [2.24, 2.45) is 17.6 Å². The van der Waals surface area contributed by atoms with Crippen LogP contribution in [0.4, 0.5) is 0 Å². The van der Waals surface area contributed by atoms with E-state index in [0.29, 0.717) is 6.04 Å². The third-order valence-electron chi connectivity index (χ3n) is 3.50. The summed E-state index contributed by atoms with van der Waals surface area (Å²) in [6.45, 7) is 4.60. The van der Waals surface area contributed by atoms with Crippen molar-refractivity contribution in [2.45, 2.75) is 50.8 Å². The van der Waals surface area contributed by atoms with Gasteiger partial charge in [-0.15, -0.1) is 0 Å². The van der Waals surface area contributed by atoms with Gasteiger partial charge in [0.2, 0.25) is 0 Å². The van der Waals surface area contributed by atoms with Gasteiger partial charge in [0.05, 0.1) is 0 Å². The third-order valence-corrected chi connectivity index (χ3v) is 5.97. The van der Waals surface area contributed by atoms with Gasteiger partial charge in [-0.05, 0) is 0 Å². The molecule has 0 aromatic carbocycles. The minimum atomic E-state index is 0.396. The number of hydrogen-bond donors (Lipinski definition) is 1. The van der Waals surface area contributed by atoms with Crippen LogP contribution in [0.3, 0.4) is 0 Å². The predicted molar refractivity (Wildman–Crippen MR) is 66.8 cm³/mol. The van der Waals surface area contributed by atoms with Crippen molar-refractivity contribution in [3.63, 3.8) is 0 Å². The number of hydrogen-bond acceptors (Lipinski definition) is 2. The van der Waals surface area contributed by atoms with Crippen LogP contribution in [-0.2, 0) is 0 Å². The molecule has 0 saturated heterocycles. The van der Waals surface area contributed by atoms with Crippen molar-refractivity contribution in [3.05, 3.63) is 0 Å². The summed E-state index contributed by atoms with van der Waals surface area (Å²) in [7, 11) is 0. The summed E-state index contributed by atoms with van der Waals surface area (Å²) in [5, 5.41) is 0.825. The molecule has 0 aliphatic heterocycles. The van der Waals surface area contributed by atoms with E-state index in [1.165, 1.54) is 29.5 Å². The Bertz CT molecular complexity index is 163. The van der Waals surface area contributed by atoms with Crippen molar-refractivity contribution in [1.29, 1.82) is 0 Å². The van der Waals surface area contributed by atoms with Crippen LogP contribution in [-0.4, -0.2) is 37.6 Å². The van der Waals surface area contributed by atoms with Gasteiger partial charge in [-0.1, -0.05) is 0 Å². The molecule has 4 atom stereocenters. The molecular weight excluding hydrogens is 297 g/mol. The van der Waals surface area contributed by atoms with E-state index in [-0.39, 0.29) is 0 Å². The van der Waals surface area contributed by atoms with E-state index in [0.717, 1.165) is 17.1 Å². The molecule has 81 valence electrons. The molecular formula is C11H22NSSn. The molecule has 1 aliphatic rings. The Morgan fingerprint density at radius 3 is 2.36 bits per heavy atom. The summed E-state index contributed by atoms with van der Waals surface area (Å²) in [4.78, 5) is 0. The molecule has 1 rings (SSSR count). The molecule has 0 heterocycles. The van der Waals surface area contributed by atoms with E-state index in [2.05, 4.69) is 25.6 Å². The number of thioether (sulfide) groups is 1. The Kier molecular flexibility index (Phi) is 6.25. The summed E-state index contributed by atoms with van der Waals surface area (Å²) < 4.78 is 1.33. The molecule has 0 aromatic heterocycles. The number of rotatable bonds is 4. The normalized spacial score (nSPS) is 32.6. The molecule has 0 spiro atoms. The van der Waals surface area contributed by atoms with Crippen molar-refractivity contribution in [2.75, 3.05) is 3.77 Å². The van der Waals surface area contributed by atoms with Crippen molar-refractivity contribution in [3.8, 4) is 0 Å². The van der Waals surface area contributed by atoms with E-state index < -0.39 is 0 Å². The molecule has 1 saturated carbocycles. The first-order chi connectivity index (χ1) is 6.66. The quantitative estimate of drug-likeness (QED) is 0.805. The van der Waals surface area contributed by atoms with Crippen LogP contribution in [0.15, 0.2) is 0 Å².